The lowest BCUT2D eigenvalue weighted by atomic mass is 10.0. The summed E-state index contributed by atoms with van der Waals surface area (Å²) in [4.78, 5) is 31.6. The van der Waals surface area contributed by atoms with Crippen molar-refractivity contribution in [2.45, 2.75) is 26.3 Å². The molecule has 2 amide bonds. The summed E-state index contributed by atoms with van der Waals surface area (Å²) in [7, 11) is 0. The topological polar surface area (TPSA) is 162 Å². The van der Waals surface area contributed by atoms with Crippen LogP contribution in [0.5, 0.6) is 0 Å². The Morgan fingerprint density at radius 1 is 1.17 bits per heavy atom. The van der Waals surface area contributed by atoms with Crippen molar-refractivity contribution in [1.82, 2.24) is 15.1 Å². The van der Waals surface area contributed by atoms with E-state index < -0.39 is 17.9 Å². The number of rotatable bonds is 9. The molecule has 0 aliphatic carbocycles. The quantitative estimate of drug-likeness (QED) is 0.418. The van der Waals surface area contributed by atoms with Crippen molar-refractivity contribution in [3.8, 4) is 11.3 Å². The number of carbonyl (C=O) groups excluding carboxylic acids is 2. The minimum atomic E-state index is -0.716. The van der Waals surface area contributed by atoms with Crippen molar-refractivity contribution in [3.63, 3.8) is 0 Å². The molecule has 10 heteroatoms. The van der Waals surface area contributed by atoms with Gasteiger partial charge in [-0.1, -0.05) is 19.0 Å². The van der Waals surface area contributed by atoms with Gasteiger partial charge in [0.2, 0.25) is 11.8 Å². The molecule has 0 aliphatic heterocycles. The molecule has 0 bridgehead atoms. The van der Waals surface area contributed by atoms with Crippen LogP contribution in [0.4, 0.5) is 17.3 Å². The molecular weight excluding hydrogens is 386 g/mol. The summed E-state index contributed by atoms with van der Waals surface area (Å²) < 4.78 is 5.31. The molecular formula is C20H23N7O3. The van der Waals surface area contributed by atoms with E-state index in [4.69, 9.17) is 16.0 Å². The summed E-state index contributed by atoms with van der Waals surface area (Å²) in [5, 5.41) is 10.0. The van der Waals surface area contributed by atoms with Gasteiger partial charge >= 0.3 is 0 Å². The van der Waals surface area contributed by atoms with Crippen molar-refractivity contribution in [2.24, 2.45) is 17.4 Å². The number of pyridine rings is 2. The second-order valence-electron chi connectivity index (χ2n) is 7.15. The summed E-state index contributed by atoms with van der Waals surface area (Å²) in [5.41, 5.74) is 13.2. The first kappa shape index (κ1) is 20.8. The predicted molar refractivity (Wildman–Crippen MR) is 112 cm³/mol. The van der Waals surface area contributed by atoms with Crippen LogP contribution in [0.25, 0.3) is 11.3 Å². The first-order valence-electron chi connectivity index (χ1n) is 9.33. The Hall–Kier alpha value is -3.95. The summed E-state index contributed by atoms with van der Waals surface area (Å²) >= 11 is 0. The number of aromatic nitrogens is 3. The largest absolute Gasteiger partial charge is 0.372 e. The van der Waals surface area contributed by atoms with Crippen LogP contribution in [0.1, 0.15) is 30.8 Å². The zero-order chi connectivity index (χ0) is 21.7. The Labute approximate surface area is 173 Å². The molecule has 0 saturated carbocycles. The fraction of sp³-hybridized carbons (Fsp3) is 0.250. The number of nitrogens with zero attached hydrogens (tertiary/aromatic N) is 3. The maximum absolute atomic E-state index is 11.8. The molecule has 3 rings (SSSR count). The normalized spacial score (nSPS) is 11.8. The van der Waals surface area contributed by atoms with Gasteiger partial charge in [-0.25, -0.2) is 4.98 Å². The van der Waals surface area contributed by atoms with Crippen LogP contribution in [0.2, 0.25) is 0 Å². The van der Waals surface area contributed by atoms with E-state index in [9.17, 15) is 9.59 Å². The maximum Gasteiger partial charge on any atom is 0.269 e. The van der Waals surface area contributed by atoms with Crippen molar-refractivity contribution < 1.29 is 14.1 Å². The van der Waals surface area contributed by atoms with E-state index in [0.717, 1.165) is 5.56 Å². The van der Waals surface area contributed by atoms with Crippen LogP contribution in [0.15, 0.2) is 47.4 Å². The number of carbonyl (C=O) groups is 2. The Kier molecular flexibility index (Phi) is 6.26. The molecule has 10 nitrogen and oxygen atoms in total. The molecule has 1 unspecified atom stereocenters. The van der Waals surface area contributed by atoms with E-state index in [1.165, 1.54) is 6.20 Å². The van der Waals surface area contributed by atoms with Gasteiger partial charge in [-0.3, -0.25) is 14.6 Å². The van der Waals surface area contributed by atoms with Gasteiger partial charge in [0.05, 0.1) is 17.6 Å². The average Bonchev–Trinajstić information content (AvgIpc) is 3.16. The van der Waals surface area contributed by atoms with Crippen LogP contribution in [0, 0.1) is 5.92 Å². The van der Waals surface area contributed by atoms with E-state index in [0.29, 0.717) is 23.5 Å². The van der Waals surface area contributed by atoms with E-state index in [1.807, 2.05) is 13.8 Å². The van der Waals surface area contributed by atoms with Crippen molar-refractivity contribution in [3.05, 3.63) is 48.5 Å². The summed E-state index contributed by atoms with van der Waals surface area (Å²) in [6, 6.07) is 6.29. The number of anilines is 3. The standard InChI is InChI=1S/C20H23N7O3/c1-11(2)7-16(19(21)28)25-13-8-15(18(20(22)29)24-10-13)26-17-9-14(27-30-17)12-3-5-23-6-4-12/h3-6,8-11,16,25-26H,7H2,1-2H3,(H2,21,28)(H2,22,29). The minimum absolute atomic E-state index is 0.0156. The van der Waals surface area contributed by atoms with Gasteiger partial charge in [0.1, 0.15) is 11.7 Å². The first-order valence-corrected chi connectivity index (χ1v) is 9.33. The van der Waals surface area contributed by atoms with Crippen LogP contribution in [0.3, 0.4) is 0 Å². The Bertz CT molecular complexity index is 1030. The van der Waals surface area contributed by atoms with Crippen molar-refractivity contribution in [2.75, 3.05) is 10.6 Å². The molecule has 3 heterocycles. The number of hydrogen-bond acceptors (Lipinski definition) is 8. The second kappa shape index (κ2) is 9.03. The van der Waals surface area contributed by atoms with Gasteiger partial charge in [0.15, 0.2) is 5.69 Å². The molecule has 0 fully saturated rings. The van der Waals surface area contributed by atoms with Crippen molar-refractivity contribution >= 4 is 29.1 Å². The highest BCUT2D eigenvalue weighted by molar-refractivity contribution is 5.97. The monoisotopic (exact) mass is 409 g/mol. The lowest BCUT2D eigenvalue weighted by Crippen LogP contribution is -2.36. The SMILES string of the molecule is CC(C)CC(Nc1cnc(C(N)=O)c(Nc2cc(-c3ccncc3)no2)c1)C(N)=O. The van der Waals surface area contributed by atoms with Gasteiger partial charge in [-0.05, 0) is 30.5 Å². The van der Waals surface area contributed by atoms with Crippen LogP contribution in [-0.4, -0.2) is 33.0 Å². The van der Waals surface area contributed by atoms with E-state index in [2.05, 4.69) is 25.8 Å². The second-order valence-corrected chi connectivity index (χ2v) is 7.15. The number of nitrogens with two attached hydrogens (primary N) is 2. The number of amides is 2. The molecule has 156 valence electrons. The van der Waals surface area contributed by atoms with Gasteiger partial charge < -0.3 is 26.6 Å². The van der Waals surface area contributed by atoms with Gasteiger partial charge in [0.25, 0.3) is 5.91 Å². The molecule has 0 aromatic carbocycles. The highest BCUT2D eigenvalue weighted by atomic mass is 16.5. The number of primary amides is 2. The lowest BCUT2D eigenvalue weighted by Gasteiger charge is -2.19. The minimum Gasteiger partial charge on any atom is -0.372 e. The van der Waals surface area contributed by atoms with E-state index in [-0.39, 0.29) is 17.5 Å². The molecule has 0 spiro atoms. The van der Waals surface area contributed by atoms with Gasteiger partial charge in [-0.15, -0.1) is 0 Å². The van der Waals surface area contributed by atoms with Gasteiger partial charge in [0, 0.05) is 24.0 Å². The smallest absolute Gasteiger partial charge is 0.269 e. The molecule has 30 heavy (non-hydrogen) atoms. The van der Waals surface area contributed by atoms with Crippen LogP contribution in [-0.2, 0) is 4.79 Å². The zero-order valence-corrected chi connectivity index (χ0v) is 16.6. The van der Waals surface area contributed by atoms with Gasteiger partial charge in [-0.2, -0.15) is 0 Å². The Morgan fingerprint density at radius 3 is 2.53 bits per heavy atom. The third kappa shape index (κ3) is 5.10. The first-order chi connectivity index (χ1) is 14.3. The molecule has 0 radical (unpaired) electrons. The lowest BCUT2D eigenvalue weighted by molar-refractivity contribution is -0.119. The molecule has 3 aromatic rings. The summed E-state index contributed by atoms with van der Waals surface area (Å²) in [6.07, 6.45) is 5.26. The van der Waals surface area contributed by atoms with E-state index >= 15 is 0 Å². The molecule has 1 atom stereocenters. The average molecular weight is 409 g/mol. The fourth-order valence-electron chi connectivity index (χ4n) is 2.88. The summed E-state index contributed by atoms with van der Waals surface area (Å²) in [6.45, 7) is 3.98. The molecule has 6 N–H and O–H groups in total. The maximum atomic E-state index is 11.8. The van der Waals surface area contributed by atoms with Crippen LogP contribution < -0.4 is 22.1 Å². The molecule has 0 aliphatic rings. The van der Waals surface area contributed by atoms with Crippen molar-refractivity contribution in [1.29, 1.82) is 0 Å². The Balaban J connectivity index is 1.86. The number of nitrogens with one attached hydrogen (secondary N) is 2. The van der Waals surface area contributed by atoms with Crippen LogP contribution >= 0.6 is 0 Å². The predicted octanol–water partition coefficient (Wildman–Crippen LogP) is 2.29. The zero-order valence-electron chi connectivity index (χ0n) is 16.6. The number of hydrogen-bond donors (Lipinski definition) is 4. The highest BCUT2D eigenvalue weighted by Gasteiger charge is 2.19. The molecule has 0 saturated heterocycles. The summed E-state index contributed by atoms with van der Waals surface area (Å²) in [5.74, 6) is -0.649. The molecule has 3 aromatic heterocycles. The van der Waals surface area contributed by atoms with E-state index in [1.54, 1.807) is 36.7 Å². The highest BCUT2D eigenvalue weighted by Crippen LogP contribution is 2.27. The third-order valence-corrected chi connectivity index (χ3v) is 4.26. The fourth-order valence-corrected chi connectivity index (χ4v) is 2.88. The Morgan fingerprint density at radius 2 is 1.90 bits per heavy atom. The third-order valence-electron chi connectivity index (χ3n) is 4.26.